The van der Waals surface area contributed by atoms with E-state index < -0.39 is 11.7 Å². The fraction of sp³-hybridized carbons (Fsp3) is 0.0476. The number of halogens is 1. The summed E-state index contributed by atoms with van der Waals surface area (Å²) in [4.78, 5) is 24.3. The van der Waals surface area contributed by atoms with E-state index in [2.05, 4.69) is 25.6 Å². The molecular formula is C21H17FN6O. The molecule has 0 radical (unpaired) electrons. The number of benzene rings is 1. The van der Waals surface area contributed by atoms with Gasteiger partial charge in [-0.05, 0) is 42.0 Å². The van der Waals surface area contributed by atoms with E-state index in [1.54, 1.807) is 30.7 Å². The molecular weight excluding hydrogens is 371 g/mol. The lowest BCUT2D eigenvalue weighted by Gasteiger charge is -2.13. The van der Waals surface area contributed by atoms with Gasteiger partial charge in [0.05, 0.1) is 11.1 Å². The van der Waals surface area contributed by atoms with Crippen molar-refractivity contribution < 1.29 is 9.18 Å². The summed E-state index contributed by atoms with van der Waals surface area (Å²) in [5.41, 5.74) is 7.75. The van der Waals surface area contributed by atoms with Crippen LogP contribution in [0.1, 0.15) is 15.9 Å². The van der Waals surface area contributed by atoms with E-state index in [1.807, 2.05) is 30.3 Å². The van der Waals surface area contributed by atoms with Crippen LogP contribution >= 0.6 is 0 Å². The van der Waals surface area contributed by atoms with Crippen molar-refractivity contribution in [1.82, 2.24) is 15.0 Å². The van der Waals surface area contributed by atoms with Crippen LogP contribution in [0, 0.1) is 5.82 Å². The number of nitrogens with one attached hydrogen (secondary N) is 2. The van der Waals surface area contributed by atoms with Crippen LogP contribution in [0.2, 0.25) is 0 Å². The molecule has 0 unspecified atom stereocenters. The summed E-state index contributed by atoms with van der Waals surface area (Å²) >= 11 is 0. The lowest BCUT2D eigenvalue weighted by molar-refractivity contribution is 0.100. The number of rotatable bonds is 6. The molecule has 4 rings (SSSR count). The molecule has 4 N–H and O–H groups in total. The summed E-state index contributed by atoms with van der Waals surface area (Å²) in [5.74, 6) is -1.28. The number of hydrogen-bond acceptors (Lipinski definition) is 6. The van der Waals surface area contributed by atoms with Crippen molar-refractivity contribution in [3.63, 3.8) is 0 Å². The molecule has 0 spiro atoms. The number of amides is 1. The molecule has 0 aliphatic carbocycles. The molecule has 0 aliphatic rings. The van der Waals surface area contributed by atoms with Crippen molar-refractivity contribution in [3.05, 3.63) is 84.1 Å². The zero-order valence-corrected chi connectivity index (χ0v) is 15.3. The monoisotopic (exact) mass is 388 g/mol. The van der Waals surface area contributed by atoms with E-state index in [4.69, 9.17) is 5.73 Å². The van der Waals surface area contributed by atoms with Gasteiger partial charge in [0.1, 0.15) is 5.82 Å². The molecule has 0 bridgehead atoms. The Kier molecular flexibility index (Phi) is 4.98. The van der Waals surface area contributed by atoms with Gasteiger partial charge in [-0.25, -0.2) is 9.37 Å². The van der Waals surface area contributed by atoms with Crippen molar-refractivity contribution in [1.29, 1.82) is 0 Å². The van der Waals surface area contributed by atoms with Crippen molar-refractivity contribution in [2.24, 2.45) is 5.73 Å². The number of carbonyl (C=O) groups is 1. The topological polar surface area (TPSA) is 106 Å². The quantitative estimate of drug-likeness (QED) is 0.466. The first-order valence-corrected chi connectivity index (χ1v) is 8.85. The fourth-order valence-electron chi connectivity index (χ4n) is 2.87. The Labute approximate surface area is 165 Å². The molecule has 1 amide bonds. The highest BCUT2D eigenvalue weighted by Crippen LogP contribution is 2.25. The Bertz CT molecular complexity index is 1180. The Hall–Kier alpha value is -4.07. The van der Waals surface area contributed by atoms with Gasteiger partial charge in [0, 0.05) is 36.2 Å². The number of anilines is 3. The number of nitrogens with two attached hydrogens (primary N) is 1. The molecule has 0 atom stereocenters. The number of primary amides is 1. The predicted molar refractivity (Wildman–Crippen MR) is 109 cm³/mol. The van der Waals surface area contributed by atoms with Gasteiger partial charge in [-0.3, -0.25) is 14.8 Å². The third-order valence-electron chi connectivity index (χ3n) is 4.29. The van der Waals surface area contributed by atoms with E-state index in [0.29, 0.717) is 12.2 Å². The standard InChI is InChI=1S/C21H17FN6O/c22-17-10-16(19(23)29)20(28-21(17)26-12-13-3-1-7-24-11-13)27-15-5-6-18-14(9-15)4-2-8-25-18/h1-11H,12H2,(H2,23,29)(H2,26,27,28). The van der Waals surface area contributed by atoms with Crippen LogP contribution in [0.15, 0.2) is 67.1 Å². The highest BCUT2D eigenvalue weighted by atomic mass is 19.1. The van der Waals surface area contributed by atoms with Crippen LogP contribution in [-0.4, -0.2) is 20.9 Å². The molecule has 29 heavy (non-hydrogen) atoms. The van der Waals surface area contributed by atoms with Gasteiger partial charge in [-0.2, -0.15) is 0 Å². The second kappa shape index (κ2) is 7.89. The maximum absolute atomic E-state index is 14.5. The van der Waals surface area contributed by atoms with Crippen LogP contribution in [0.25, 0.3) is 10.9 Å². The van der Waals surface area contributed by atoms with Gasteiger partial charge in [-0.15, -0.1) is 0 Å². The van der Waals surface area contributed by atoms with E-state index >= 15 is 0 Å². The normalized spacial score (nSPS) is 10.7. The number of nitrogens with zero attached hydrogens (tertiary/aromatic N) is 3. The fourth-order valence-corrected chi connectivity index (χ4v) is 2.87. The first-order chi connectivity index (χ1) is 14.1. The smallest absolute Gasteiger partial charge is 0.252 e. The van der Waals surface area contributed by atoms with Gasteiger partial charge in [0.2, 0.25) is 0 Å². The predicted octanol–water partition coefficient (Wildman–Crippen LogP) is 3.62. The van der Waals surface area contributed by atoms with Crippen LogP contribution in [0.5, 0.6) is 0 Å². The van der Waals surface area contributed by atoms with Gasteiger partial charge < -0.3 is 16.4 Å². The van der Waals surface area contributed by atoms with E-state index in [-0.39, 0.29) is 17.2 Å². The van der Waals surface area contributed by atoms with Gasteiger partial charge in [0.25, 0.3) is 5.91 Å². The highest BCUT2D eigenvalue weighted by molar-refractivity contribution is 5.99. The van der Waals surface area contributed by atoms with Crippen molar-refractivity contribution in [3.8, 4) is 0 Å². The van der Waals surface area contributed by atoms with Crippen LogP contribution in [-0.2, 0) is 6.54 Å². The average Bonchev–Trinajstić information content (AvgIpc) is 2.74. The van der Waals surface area contributed by atoms with E-state index in [9.17, 15) is 9.18 Å². The third kappa shape index (κ3) is 4.11. The Morgan fingerprint density at radius 1 is 1.07 bits per heavy atom. The second-order valence-electron chi connectivity index (χ2n) is 6.33. The largest absolute Gasteiger partial charge is 0.365 e. The second-order valence-corrected chi connectivity index (χ2v) is 6.33. The summed E-state index contributed by atoms with van der Waals surface area (Å²) in [7, 11) is 0. The maximum atomic E-state index is 14.5. The number of hydrogen-bond donors (Lipinski definition) is 3. The van der Waals surface area contributed by atoms with Crippen molar-refractivity contribution in [2.45, 2.75) is 6.54 Å². The van der Waals surface area contributed by atoms with E-state index in [0.717, 1.165) is 22.5 Å². The van der Waals surface area contributed by atoms with Crippen LogP contribution < -0.4 is 16.4 Å². The van der Waals surface area contributed by atoms with Crippen LogP contribution in [0.4, 0.5) is 21.7 Å². The molecule has 3 heterocycles. The third-order valence-corrected chi connectivity index (χ3v) is 4.29. The molecule has 0 saturated heterocycles. The maximum Gasteiger partial charge on any atom is 0.252 e. The van der Waals surface area contributed by atoms with E-state index in [1.165, 1.54) is 0 Å². The minimum absolute atomic E-state index is 0.00353. The summed E-state index contributed by atoms with van der Waals surface area (Å²) in [6, 6.07) is 14.0. The average molecular weight is 388 g/mol. The molecule has 0 aliphatic heterocycles. The lowest BCUT2D eigenvalue weighted by atomic mass is 10.2. The first-order valence-electron chi connectivity index (χ1n) is 8.85. The van der Waals surface area contributed by atoms with Crippen LogP contribution in [0.3, 0.4) is 0 Å². The summed E-state index contributed by atoms with van der Waals surface area (Å²) in [6.07, 6.45) is 5.04. The molecule has 1 aromatic carbocycles. The molecule has 4 aromatic rings. The van der Waals surface area contributed by atoms with Gasteiger partial charge >= 0.3 is 0 Å². The summed E-state index contributed by atoms with van der Waals surface area (Å²) in [6.45, 7) is 0.328. The number of pyridine rings is 3. The van der Waals surface area contributed by atoms with Crippen molar-refractivity contribution >= 4 is 34.1 Å². The Balaban J connectivity index is 1.65. The number of fused-ring (bicyclic) bond motifs is 1. The Morgan fingerprint density at radius 3 is 2.72 bits per heavy atom. The highest BCUT2D eigenvalue weighted by Gasteiger charge is 2.16. The summed E-state index contributed by atoms with van der Waals surface area (Å²) in [5, 5.41) is 6.89. The zero-order chi connectivity index (χ0) is 20.2. The van der Waals surface area contributed by atoms with Crippen molar-refractivity contribution in [2.75, 3.05) is 10.6 Å². The van der Waals surface area contributed by atoms with Gasteiger partial charge in [0.15, 0.2) is 11.6 Å². The Morgan fingerprint density at radius 2 is 1.93 bits per heavy atom. The molecule has 8 heteroatoms. The first kappa shape index (κ1) is 18.3. The molecule has 7 nitrogen and oxygen atoms in total. The van der Waals surface area contributed by atoms with Gasteiger partial charge in [-0.1, -0.05) is 12.1 Å². The minimum Gasteiger partial charge on any atom is -0.365 e. The lowest BCUT2D eigenvalue weighted by Crippen LogP contribution is -2.16. The molecule has 0 saturated carbocycles. The molecule has 0 fully saturated rings. The minimum atomic E-state index is -0.778. The molecule has 144 valence electrons. The molecule has 3 aromatic heterocycles. The zero-order valence-electron chi connectivity index (χ0n) is 15.3. The summed E-state index contributed by atoms with van der Waals surface area (Å²) < 4.78 is 14.5. The number of aromatic nitrogens is 3. The SMILES string of the molecule is NC(=O)c1cc(F)c(NCc2cccnc2)nc1Nc1ccc2ncccc2c1. The number of carbonyl (C=O) groups excluding carboxylic acids is 1.